The Morgan fingerprint density at radius 2 is 0.556 bits per heavy atom. The Kier molecular flexibility index (Phi) is 29.1. The average Bonchev–Trinajstić information content (AvgIpc) is 1.45. The molecule has 24 aliphatic heterocycles. The van der Waals surface area contributed by atoms with Crippen molar-refractivity contribution in [3.05, 3.63) is 12.2 Å². The van der Waals surface area contributed by atoms with E-state index in [4.69, 9.17) is 134 Å². The van der Waals surface area contributed by atoms with Gasteiger partial charge in [0.1, 0.15) is 5.71 Å². The summed E-state index contributed by atoms with van der Waals surface area (Å²) in [7, 11) is 0. The van der Waals surface area contributed by atoms with Gasteiger partial charge in [0, 0.05) is 118 Å². The SMILES string of the molecule is C.C.C=C(COC1O[C@@H]2O[C@]3(C)CC[C@H]4[C@H](C)CC[C@@H]([C@H]1C)C24OO3)CO[C@H]1O[C@@H]2O[C@]3(C)CC[C@H]4[C@H](C)CC[C@@H]([C@H]1C)C24OO3.C[C@@H]1CC[C@H]2[C@@H](C)C(=O)O[C@@H]3O[C@]4(C)CC[C@@H]1[C@]32OO4.C[C@@H]1CC[C@H]2[C@@H](C)C(OCC(COC3OC4O[C@@]5(C)CC[C@H]6[C@H](C)CC[C@@H]([C@H]3C)[C@@]46OO5)=NO)OC3O[C@@]4(C)CC[C@@H]1[C@]32OO4.C[C@H]1[C@@H](O)O[C@@H]2O[C@]3(C)CC[C@H]4[C@H](C)CC[C@@H]1[C@@]24OO3.[B].[H-].[Na+]. The predicted octanol–water partition coefficient (Wildman–Crippen LogP) is 13.8. The largest absolute Gasteiger partial charge is 1.00 e. The number of oxime groups is 1. The summed E-state index contributed by atoms with van der Waals surface area (Å²) in [5, 5.41) is 23.7. The van der Waals surface area contributed by atoms with Gasteiger partial charge in [-0.3, -0.25) is 4.79 Å². The molecule has 0 aromatic heterocycles. The minimum atomic E-state index is -0.852. The van der Waals surface area contributed by atoms with Crippen LogP contribution < -0.4 is 29.6 Å². The summed E-state index contributed by atoms with van der Waals surface area (Å²) < 4.78 is 101. The number of hydrogen-bond donors (Lipinski definition) is 2. The minimum Gasteiger partial charge on any atom is -1.00 e. The van der Waals surface area contributed by atoms with Crippen LogP contribution in [0.25, 0.3) is 0 Å². The third-order valence-electron chi connectivity index (χ3n) is 38.4. The molecule has 34 heteroatoms. The molecule has 12 bridgehead atoms. The number of carbonyl (C=O) groups excluding carboxylic acids is 1. The maximum absolute atomic E-state index is 12.1. The molecule has 133 heavy (non-hydrogen) atoms. The zero-order valence-corrected chi connectivity index (χ0v) is 83.0. The smallest absolute Gasteiger partial charge is 1.00 e. The van der Waals surface area contributed by atoms with Crippen molar-refractivity contribution in [3.63, 3.8) is 0 Å². The molecule has 32 nitrogen and oxygen atoms in total. The molecule has 0 amide bonds. The summed E-state index contributed by atoms with van der Waals surface area (Å²) in [5.74, 6) is 1.17. The van der Waals surface area contributed by atoms with E-state index in [1.165, 1.54) is 6.42 Å². The molecule has 6 aliphatic carbocycles. The van der Waals surface area contributed by atoms with Crippen molar-refractivity contribution in [2.75, 3.05) is 26.4 Å². The van der Waals surface area contributed by atoms with Crippen LogP contribution in [0.3, 0.4) is 0 Å². The number of esters is 1. The van der Waals surface area contributed by atoms with Crippen LogP contribution in [-0.4, -0.2) is 194 Å². The molecule has 24 heterocycles. The van der Waals surface area contributed by atoms with Gasteiger partial charge in [-0.1, -0.05) is 110 Å². The van der Waals surface area contributed by atoms with E-state index in [2.05, 4.69) is 81.0 Å². The van der Waals surface area contributed by atoms with E-state index < -0.39 is 138 Å². The predicted molar refractivity (Wildman–Crippen MR) is 467 cm³/mol. The Morgan fingerprint density at radius 3 is 0.820 bits per heavy atom. The molecule has 24 saturated heterocycles. The number of aliphatic hydroxyl groups is 1. The molecule has 0 aromatic carbocycles. The summed E-state index contributed by atoms with van der Waals surface area (Å²) in [6, 6.07) is 0. The van der Waals surface area contributed by atoms with Crippen LogP contribution in [0.1, 0.15) is 295 Å². The van der Waals surface area contributed by atoms with Gasteiger partial charge in [0.15, 0.2) is 96.5 Å². The summed E-state index contributed by atoms with van der Waals surface area (Å²) in [6.07, 6.45) is 17.3. The topological polar surface area (TPSA) is 328 Å². The second kappa shape index (κ2) is 37.6. The van der Waals surface area contributed by atoms with E-state index in [0.29, 0.717) is 78.1 Å². The van der Waals surface area contributed by atoms with Gasteiger partial charge in [0.2, 0.25) is 41.0 Å². The Balaban J connectivity index is 0.000000136. The van der Waals surface area contributed by atoms with Gasteiger partial charge in [0.05, 0.1) is 32.3 Å². The first-order chi connectivity index (χ1) is 61.4. The van der Waals surface area contributed by atoms with Crippen molar-refractivity contribution >= 4 is 20.1 Å². The molecule has 30 aliphatic rings. The third-order valence-corrected chi connectivity index (χ3v) is 38.4. The molecule has 47 atom stereocenters. The van der Waals surface area contributed by atoms with Gasteiger partial charge in [-0.05, 0) is 228 Å². The fraction of sp³-hybridized carbons (Fsp3) is 0.960. The molecule has 0 aromatic rings. The standard InChI is InChI=1S/C34H52O10.C33H51NO11.C15H24O5.C15H22O5.2CH4.B.Na.H/c1-18(16-35-27-21(4)25-10-8-19(2)23-12-14-31(6)39-29(37-27)33(23,25)43-41-31)17-36-28-22(5)26-11-9-20(3)24-13-15-32(7)40-30(38-28)34(24,26)44-42-32;1-17-7-9-24-19(3)26(38-28-32(24)22(17)11-13-30(5,40-28)42-44-32)36-15-21(34-35)16-37-27-20(4)25-10-8-18(2)23-12-14-31(6)41-29(39-27)33(23,25)45-43-31;2*1-8-4-5-11-9(2)12(16)17-13-15(11)10(8)6-7-14(3,18-13)19-20-15;;;;;/h19-30H,1,8-17H2,2-7H3;17-20,22-29,35H,7-16H2,1-6H3;8-13,16H,4-7H2,1-3H3;8-11,13H,4-7H2,1-3H3;2*1H4;;;/q;;;;;;;+1;-1/t19-,20-,21-,22-,23+,24+,25+,26+,27+,28?,29-,30-,31+,32+,33?,34?;17-,18-,19-,20-,22+,23+,24+,25+,26?,27?,28?,29?,30-,31-,32-,33-;8-,9-,10+,11+,12+,13-,14+,15-;8-,9-,10+,11+,13-,14+,15-;;;;;/m1111...../s1. The first kappa shape index (κ1) is 103. The molecular weight excluding hydrogens is 1730 g/mol. The first-order valence-corrected chi connectivity index (χ1v) is 50.2. The van der Waals surface area contributed by atoms with Crippen molar-refractivity contribution in [2.24, 2.45) is 147 Å². The van der Waals surface area contributed by atoms with E-state index in [1.807, 2.05) is 55.4 Å². The van der Waals surface area contributed by atoms with Crippen LogP contribution in [0.15, 0.2) is 17.3 Å². The summed E-state index contributed by atoms with van der Waals surface area (Å²) >= 11 is 0. The Labute approximate surface area is 812 Å². The van der Waals surface area contributed by atoms with Gasteiger partial charge in [0.25, 0.3) is 0 Å². The third kappa shape index (κ3) is 16.4. The number of ether oxygens (including phenoxy) is 16. The summed E-state index contributed by atoms with van der Waals surface area (Å²) in [6.45, 7) is 42.9. The van der Waals surface area contributed by atoms with Crippen LogP contribution in [0.5, 0.6) is 0 Å². The zero-order chi connectivity index (χ0) is 90.2. The molecule has 3 radical (unpaired) electrons. The van der Waals surface area contributed by atoms with Gasteiger partial charge >= 0.3 is 35.5 Å². The quantitative estimate of drug-likeness (QED) is 0.0349. The normalized spacial score (nSPS) is 56.1. The first-order valence-electron chi connectivity index (χ1n) is 50.2. The van der Waals surface area contributed by atoms with Crippen LogP contribution in [0.2, 0.25) is 0 Å². The van der Waals surface area contributed by atoms with Crippen molar-refractivity contribution < 1.29 is 181 Å². The van der Waals surface area contributed by atoms with Crippen LogP contribution in [0, 0.1) is 142 Å². The van der Waals surface area contributed by atoms with Gasteiger partial charge in [-0.2, -0.15) is 0 Å². The van der Waals surface area contributed by atoms with Crippen molar-refractivity contribution in [3.8, 4) is 0 Å². The fourth-order valence-corrected chi connectivity index (χ4v) is 30.8. The number of fused-ring (bicyclic) bond motifs is 12. The summed E-state index contributed by atoms with van der Waals surface area (Å²) in [4.78, 5) is 84.1. The minimum absolute atomic E-state index is 0. The van der Waals surface area contributed by atoms with Crippen LogP contribution in [0.4, 0.5) is 0 Å². The van der Waals surface area contributed by atoms with E-state index in [1.54, 1.807) is 0 Å². The molecule has 30 rings (SSSR count). The molecule has 30 fully saturated rings. The maximum Gasteiger partial charge on any atom is 1.00 e. The van der Waals surface area contributed by atoms with E-state index in [0.717, 1.165) is 153 Å². The molecule has 7 unspecified atom stereocenters. The van der Waals surface area contributed by atoms with Crippen LogP contribution in [-0.2, 0) is 139 Å². The van der Waals surface area contributed by atoms with Gasteiger partial charge in [-0.25, -0.2) is 58.7 Å². The van der Waals surface area contributed by atoms with E-state index >= 15 is 0 Å². The molecule has 749 valence electrons. The van der Waals surface area contributed by atoms with Crippen molar-refractivity contribution in [1.29, 1.82) is 0 Å². The van der Waals surface area contributed by atoms with Gasteiger partial charge < -0.3 is 87.5 Å². The van der Waals surface area contributed by atoms with Gasteiger partial charge in [-0.15, -0.1) is 0 Å². The number of hydrogen-bond acceptors (Lipinski definition) is 32. The zero-order valence-electron chi connectivity index (χ0n) is 82.0. The average molecular weight is 1890 g/mol. The number of carbonyl (C=O) groups is 1. The number of nitrogens with zero attached hydrogens (tertiary/aromatic N) is 1. The molecular formula is C99H158BNNaO31. The van der Waals surface area contributed by atoms with Crippen molar-refractivity contribution in [2.45, 2.75) is 431 Å². The monoisotopic (exact) mass is 1890 g/mol. The second-order valence-corrected chi connectivity index (χ2v) is 46.2. The van der Waals surface area contributed by atoms with E-state index in [-0.39, 0.29) is 156 Å². The summed E-state index contributed by atoms with van der Waals surface area (Å²) in [5.41, 5.74) is -2.49. The Morgan fingerprint density at radius 1 is 0.331 bits per heavy atom. The molecule has 6 saturated carbocycles. The fourth-order valence-electron chi connectivity index (χ4n) is 30.8. The molecule has 2 N–H and O–H groups in total. The van der Waals surface area contributed by atoms with Crippen molar-refractivity contribution in [1.82, 2.24) is 0 Å². The Hall–Kier alpha value is -1.38. The number of rotatable bonds is 12. The second-order valence-electron chi connectivity index (χ2n) is 46.2. The Bertz CT molecular complexity index is 3990. The molecule has 6 spiro atoms. The maximum atomic E-state index is 12.1. The van der Waals surface area contributed by atoms with E-state index in [9.17, 15) is 15.1 Å². The number of aliphatic hydroxyl groups excluding tert-OH is 1. The van der Waals surface area contributed by atoms with Crippen LogP contribution >= 0.6 is 0 Å².